The summed E-state index contributed by atoms with van der Waals surface area (Å²) in [6.45, 7) is 11.8. The van der Waals surface area contributed by atoms with Crippen molar-refractivity contribution in [3.05, 3.63) is 24.3 Å². The molecule has 4 heteroatoms. The van der Waals surface area contributed by atoms with Crippen LogP contribution in [0.25, 0.3) is 0 Å². The van der Waals surface area contributed by atoms with E-state index in [2.05, 4.69) is 11.9 Å². The fourth-order valence-corrected chi connectivity index (χ4v) is 0.966. The summed E-state index contributed by atoms with van der Waals surface area (Å²) in [5.74, 6) is -0.338. The summed E-state index contributed by atoms with van der Waals surface area (Å²) in [7, 11) is 0. The Hall–Kier alpha value is -1.13. The van der Waals surface area contributed by atoms with Crippen molar-refractivity contribution in [1.29, 1.82) is 0 Å². The van der Waals surface area contributed by atoms with Crippen molar-refractivity contribution < 1.29 is 14.3 Å². The summed E-state index contributed by atoms with van der Waals surface area (Å²) in [5, 5.41) is 3.10. The molecule has 17 heavy (non-hydrogen) atoms. The van der Waals surface area contributed by atoms with Crippen LogP contribution in [-0.4, -0.2) is 38.4 Å². The molecule has 98 valence electrons. The zero-order valence-corrected chi connectivity index (χ0v) is 11.0. The van der Waals surface area contributed by atoms with Crippen LogP contribution in [0.5, 0.6) is 0 Å². The minimum absolute atomic E-state index is 0.169. The number of nitrogens with one attached hydrogen (secondary N) is 1. The molecule has 0 bridgehead atoms. The largest absolute Gasteiger partial charge is 0.461 e. The molecule has 0 aromatic carbocycles. The first-order valence-corrected chi connectivity index (χ1v) is 5.82. The van der Waals surface area contributed by atoms with Crippen molar-refractivity contribution in [3.63, 3.8) is 0 Å². The highest BCUT2D eigenvalue weighted by Crippen LogP contribution is 1.88. The second-order valence-electron chi connectivity index (χ2n) is 4.09. The average Bonchev–Trinajstić information content (AvgIpc) is 2.23. The van der Waals surface area contributed by atoms with Gasteiger partial charge in [0, 0.05) is 19.2 Å². The van der Waals surface area contributed by atoms with Crippen molar-refractivity contribution >= 4 is 5.97 Å². The van der Waals surface area contributed by atoms with Gasteiger partial charge in [0.1, 0.15) is 6.61 Å². The molecule has 0 aliphatic carbocycles. The van der Waals surface area contributed by atoms with Gasteiger partial charge in [-0.1, -0.05) is 18.2 Å². The fourth-order valence-electron chi connectivity index (χ4n) is 0.966. The molecule has 0 saturated carbocycles. The zero-order chi connectivity index (χ0) is 13.1. The molecule has 0 amide bonds. The van der Waals surface area contributed by atoms with Gasteiger partial charge in [-0.2, -0.15) is 0 Å². The van der Waals surface area contributed by atoms with E-state index in [0.717, 1.165) is 12.1 Å². The van der Waals surface area contributed by atoms with E-state index in [-0.39, 0.29) is 12.1 Å². The molecule has 0 saturated heterocycles. The highest BCUT2D eigenvalue weighted by molar-refractivity contribution is 5.81. The molecule has 0 rings (SSSR count). The topological polar surface area (TPSA) is 47.6 Å². The maximum Gasteiger partial charge on any atom is 0.330 e. The summed E-state index contributed by atoms with van der Waals surface area (Å²) in [6.07, 6.45) is 3.21. The average molecular weight is 241 g/mol. The Morgan fingerprint density at radius 2 is 2.18 bits per heavy atom. The van der Waals surface area contributed by atoms with Gasteiger partial charge in [-0.25, -0.2) is 4.79 Å². The molecule has 0 spiro atoms. The Morgan fingerprint density at radius 3 is 2.76 bits per heavy atom. The lowest BCUT2D eigenvalue weighted by Gasteiger charge is -2.05. The molecule has 0 aliphatic rings. The van der Waals surface area contributed by atoms with Gasteiger partial charge in [-0.15, -0.1) is 0 Å². The van der Waals surface area contributed by atoms with E-state index < -0.39 is 0 Å². The van der Waals surface area contributed by atoms with Gasteiger partial charge < -0.3 is 14.8 Å². The third-order valence-electron chi connectivity index (χ3n) is 1.73. The molecule has 0 heterocycles. The van der Waals surface area contributed by atoms with Gasteiger partial charge in [-0.3, -0.25) is 0 Å². The first-order chi connectivity index (χ1) is 8.02. The summed E-state index contributed by atoms with van der Waals surface area (Å²) in [6, 6.07) is 0. The predicted octanol–water partition coefficient (Wildman–Crippen LogP) is 1.68. The Morgan fingerprint density at radius 1 is 1.47 bits per heavy atom. The normalized spacial score (nSPS) is 11.1. The van der Waals surface area contributed by atoms with E-state index in [4.69, 9.17) is 9.47 Å². The van der Waals surface area contributed by atoms with E-state index in [1.807, 2.05) is 20.8 Å². The van der Waals surface area contributed by atoms with Gasteiger partial charge in [0.15, 0.2) is 0 Å². The second kappa shape index (κ2) is 10.1. The zero-order valence-electron chi connectivity index (χ0n) is 11.0. The van der Waals surface area contributed by atoms with Crippen LogP contribution in [-0.2, 0) is 14.3 Å². The molecule has 0 radical (unpaired) electrons. The Bertz CT molecular complexity index is 259. The Balaban J connectivity index is 3.43. The monoisotopic (exact) mass is 241 g/mol. The molecule has 0 unspecified atom stereocenters. The minimum atomic E-state index is -0.338. The van der Waals surface area contributed by atoms with Gasteiger partial charge in [0.2, 0.25) is 0 Å². The lowest BCUT2D eigenvalue weighted by atomic mass is 10.3. The first-order valence-electron chi connectivity index (χ1n) is 5.82. The molecule has 0 fully saturated rings. The summed E-state index contributed by atoms with van der Waals surface area (Å²) in [5.41, 5.74) is 1.06. The third-order valence-corrected chi connectivity index (χ3v) is 1.73. The van der Waals surface area contributed by atoms with Crippen LogP contribution in [0.15, 0.2) is 24.3 Å². The van der Waals surface area contributed by atoms with Crippen LogP contribution in [0.3, 0.4) is 0 Å². The highest BCUT2D eigenvalue weighted by Gasteiger charge is 1.96. The van der Waals surface area contributed by atoms with E-state index in [1.54, 1.807) is 6.08 Å². The lowest BCUT2D eigenvalue weighted by Crippen LogP contribution is -2.22. The van der Waals surface area contributed by atoms with E-state index >= 15 is 0 Å². The van der Waals surface area contributed by atoms with Crippen LogP contribution in [0.2, 0.25) is 0 Å². The SMILES string of the molecule is C=C(C)CNCCOC(=O)/C=C/COC(C)C. The molecule has 0 aromatic rings. The van der Waals surface area contributed by atoms with Crippen molar-refractivity contribution in [1.82, 2.24) is 5.32 Å². The fraction of sp³-hybridized carbons (Fsp3) is 0.615. The van der Waals surface area contributed by atoms with Crippen LogP contribution in [0.4, 0.5) is 0 Å². The number of hydrogen-bond acceptors (Lipinski definition) is 4. The molecular formula is C13H23NO3. The predicted molar refractivity (Wildman–Crippen MR) is 68.9 cm³/mol. The maximum atomic E-state index is 11.2. The van der Waals surface area contributed by atoms with Crippen LogP contribution in [0.1, 0.15) is 20.8 Å². The molecule has 0 atom stereocenters. The Kier molecular flexibility index (Phi) is 9.38. The summed E-state index contributed by atoms with van der Waals surface area (Å²) in [4.78, 5) is 11.2. The van der Waals surface area contributed by atoms with Crippen LogP contribution < -0.4 is 5.32 Å². The number of esters is 1. The van der Waals surface area contributed by atoms with E-state index in [0.29, 0.717) is 19.8 Å². The third kappa shape index (κ3) is 12.8. The van der Waals surface area contributed by atoms with Crippen molar-refractivity contribution in [2.75, 3.05) is 26.3 Å². The van der Waals surface area contributed by atoms with Gasteiger partial charge in [0.25, 0.3) is 0 Å². The number of carbonyl (C=O) groups is 1. The lowest BCUT2D eigenvalue weighted by molar-refractivity contribution is -0.137. The van der Waals surface area contributed by atoms with Crippen molar-refractivity contribution in [3.8, 4) is 0 Å². The van der Waals surface area contributed by atoms with Gasteiger partial charge >= 0.3 is 5.97 Å². The van der Waals surface area contributed by atoms with E-state index in [9.17, 15) is 4.79 Å². The van der Waals surface area contributed by atoms with Crippen LogP contribution in [0, 0.1) is 0 Å². The molecule has 1 N–H and O–H groups in total. The molecule has 0 aliphatic heterocycles. The number of carbonyl (C=O) groups excluding carboxylic acids is 1. The number of ether oxygens (including phenoxy) is 2. The summed E-state index contributed by atoms with van der Waals surface area (Å²) < 4.78 is 10.2. The summed E-state index contributed by atoms with van der Waals surface area (Å²) >= 11 is 0. The smallest absolute Gasteiger partial charge is 0.330 e. The number of hydrogen-bond donors (Lipinski definition) is 1. The molecular weight excluding hydrogens is 218 g/mol. The van der Waals surface area contributed by atoms with Crippen molar-refractivity contribution in [2.24, 2.45) is 0 Å². The standard InChI is InChI=1S/C13H23NO3/c1-11(2)10-14-7-9-17-13(15)6-5-8-16-12(3)4/h5-6,12,14H,1,7-10H2,2-4H3/b6-5+. The Labute approximate surface area is 104 Å². The van der Waals surface area contributed by atoms with Gasteiger partial charge in [0.05, 0.1) is 12.7 Å². The maximum absolute atomic E-state index is 11.2. The van der Waals surface area contributed by atoms with E-state index in [1.165, 1.54) is 6.08 Å². The van der Waals surface area contributed by atoms with Crippen molar-refractivity contribution in [2.45, 2.75) is 26.9 Å². The molecule has 4 nitrogen and oxygen atoms in total. The number of rotatable bonds is 9. The quantitative estimate of drug-likeness (QED) is 0.289. The second-order valence-corrected chi connectivity index (χ2v) is 4.09. The highest BCUT2D eigenvalue weighted by atomic mass is 16.5. The van der Waals surface area contributed by atoms with Crippen LogP contribution >= 0.6 is 0 Å². The first kappa shape index (κ1) is 15.9. The minimum Gasteiger partial charge on any atom is -0.461 e. The molecule has 0 aromatic heterocycles. The van der Waals surface area contributed by atoms with Gasteiger partial charge in [-0.05, 0) is 20.8 Å².